The minimum atomic E-state index is -4.30. The maximum atomic E-state index is 12.9. The summed E-state index contributed by atoms with van der Waals surface area (Å²) in [6.45, 7) is 5.51. The van der Waals surface area contributed by atoms with Crippen LogP contribution in [0.1, 0.15) is 30.4 Å². The molecule has 0 aliphatic carbocycles. The third kappa shape index (κ3) is 4.96. The predicted octanol–water partition coefficient (Wildman–Crippen LogP) is 3.23. The first-order valence-electron chi connectivity index (χ1n) is 9.17. The van der Waals surface area contributed by atoms with E-state index >= 15 is 0 Å². The van der Waals surface area contributed by atoms with Gasteiger partial charge in [0.2, 0.25) is 0 Å². The van der Waals surface area contributed by atoms with E-state index in [9.17, 15) is 18.3 Å². The van der Waals surface area contributed by atoms with Crippen LogP contribution in [-0.2, 0) is 12.7 Å². The molecule has 2 aliphatic heterocycles. The first kappa shape index (κ1) is 18.7. The van der Waals surface area contributed by atoms with Crippen LogP contribution in [0.2, 0.25) is 0 Å². The number of nitrogens with zero attached hydrogens (tertiary/aromatic N) is 2. The number of benzene rings is 1. The molecule has 0 radical (unpaired) electrons. The predicted molar refractivity (Wildman–Crippen MR) is 91.1 cm³/mol. The summed E-state index contributed by atoms with van der Waals surface area (Å²) < 4.78 is 38.6. The van der Waals surface area contributed by atoms with Gasteiger partial charge in [0.25, 0.3) is 0 Å². The summed E-state index contributed by atoms with van der Waals surface area (Å²) in [5, 5.41) is 9.71. The van der Waals surface area contributed by atoms with Gasteiger partial charge in [0, 0.05) is 32.8 Å². The molecule has 2 atom stereocenters. The molecule has 2 fully saturated rings. The van der Waals surface area contributed by atoms with E-state index in [1.807, 2.05) is 0 Å². The SMILES string of the molecule is OC[C@@H]1CN(Cc2cccc(C(F)(F)F)c2)C[C@@H]1CN1CCCCC1. The Morgan fingerprint density at radius 3 is 2.40 bits per heavy atom. The molecule has 0 saturated carbocycles. The second-order valence-corrected chi connectivity index (χ2v) is 7.46. The monoisotopic (exact) mass is 356 g/mol. The summed E-state index contributed by atoms with van der Waals surface area (Å²) in [4.78, 5) is 4.66. The molecule has 25 heavy (non-hydrogen) atoms. The average molecular weight is 356 g/mol. The molecular formula is C19H27F3N2O. The zero-order chi connectivity index (χ0) is 17.9. The largest absolute Gasteiger partial charge is 0.416 e. The summed E-state index contributed by atoms with van der Waals surface area (Å²) in [6, 6.07) is 5.58. The number of halogens is 3. The first-order valence-corrected chi connectivity index (χ1v) is 9.17. The second-order valence-electron chi connectivity index (χ2n) is 7.46. The Balaban J connectivity index is 1.60. The van der Waals surface area contributed by atoms with Gasteiger partial charge in [-0.05, 0) is 49.4 Å². The van der Waals surface area contributed by atoms with Crippen LogP contribution in [0.3, 0.4) is 0 Å². The van der Waals surface area contributed by atoms with E-state index in [0.29, 0.717) is 18.0 Å². The Hall–Kier alpha value is -1.11. The smallest absolute Gasteiger partial charge is 0.396 e. The van der Waals surface area contributed by atoms with E-state index in [2.05, 4.69) is 9.80 Å². The van der Waals surface area contributed by atoms with Gasteiger partial charge in [-0.15, -0.1) is 0 Å². The molecule has 2 aliphatic rings. The fourth-order valence-corrected chi connectivity index (χ4v) is 4.16. The van der Waals surface area contributed by atoms with Gasteiger partial charge < -0.3 is 10.0 Å². The van der Waals surface area contributed by atoms with Crippen molar-refractivity contribution in [1.29, 1.82) is 0 Å². The van der Waals surface area contributed by atoms with E-state index in [-0.39, 0.29) is 12.5 Å². The fraction of sp³-hybridized carbons (Fsp3) is 0.684. The van der Waals surface area contributed by atoms with Crippen molar-refractivity contribution in [3.05, 3.63) is 35.4 Å². The van der Waals surface area contributed by atoms with Gasteiger partial charge in [0.1, 0.15) is 0 Å². The van der Waals surface area contributed by atoms with Crippen molar-refractivity contribution in [2.45, 2.75) is 32.0 Å². The Morgan fingerprint density at radius 2 is 1.72 bits per heavy atom. The molecule has 1 N–H and O–H groups in total. The number of likely N-dealkylation sites (tertiary alicyclic amines) is 2. The standard InChI is InChI=1S/C19H27F3N2O/c20-19(21,22)18-6-4-5-15(9-18)10-24-12-16(17(13-24)14-25)11-23-7-2-1-3-8-23/h4-6,9,16-17,25H,1-3,7-8,10-14H2/t16-,17-/m0/s1. The van der Waals surface area contributed by atoms with Gasteiger partial charge in [-0.2, -0.15) is 13.2 Å². The van der Waals surface area contributed by atoms with Gasteiger partial charge in [0.05, 0.1) is 5.56 Å². The van der Waals surface area contributed by atoms with Crippen LogP contribution in [0.4, 0.5) is 13.2 Å². The third-order valence-corrected chi connectivity index (χ3v) is 5.49. The van der Waals surface area contributed by atoms with Crippen molar-refractivity contribution < 1.29 is 18.3 Å². The van der Waals surface area contributed by atoms with Crippen LogP contribution in [0, 0.1) is 11.8 Å². The van der Waals surface area contributed by atoms with Crippen molar-refractivity contribution in [3.8, 4) is 0 Å². The molecule has 3 rings (SSSR count). The van der Waals surface area contributed by atoms with Crippen LogP contribution >= 0.6 is 0 Å². The van der Waals surface area contributed by atoms with E-state index < -0.39 is 11.7 Å². The lowest BCUT2D eigenvalue weighted by Gasteiger charge is -2.30. The van der Waals surface area contributed by atoms with E-state index in [1.54, 1.807) is 6.07 Å². The lowest BCUT2D eigenvalue weighted by Crippen LogP contribution is -2.37. The minimum Gasteiger partial charge on any atom is -0.396 e. The Morgan fingerprint density at radius 1 is 1.00 bits per heavy atom. The number of aliphatic hydroxyl groups excluding tert-OH is 1. The molecule has 2 saturated heterocycles. The number of aliphatic hydroxyl groups is 1. The Bertz CT molecular complexity index is 558. The maximum absolute atomic E-state index is 12.9. The van der Waals surface area contributed by atoms with E-state index in [1.165, 1.54) is 31.4 Å². The Kier molecular flexibility index (Phi) is 6.02. The minimum absolute atomic E-state index is 0.150. The van der Waals surface area contributed by atoms with Crippen LogP contribution in [0.15, 0.2) is 24.3 Å². The van der Waals surface area contributed by atoms with E-state index in [4.69, 9.17) is 0 Å². The fourth-order valence-electron chi connectivity index (χ4n) is 4.16. The molecule has 0 amide bonds. The summed E-state index contributed by atoms with van der Waals surface area (Å²) >= 11 is 0. The molecule has 2 heterocycles. The molecule has 1 aromatic rings. The van der Waals surface area contributed by atoms with Gasteiger partial charge in [0.15, 0.2) is 0 Å². The van der Waals surface area contributed by atoms with Gasteiger partial charge in [-0.3, -0.25) is 4.90 Å². The summed E-state index contributed by atoms with van der Waals surface area (Å²) in [5.41, 5.74) is 0.0953. The zero-order valence-electron chi connectivity index (χ0n) is 14.5. The van der Waals surface area contributed by atoms with Crippen molar-refractivity contribution in [2.75, 3.05) is 39.3 Å². The number of hydrogen-bond donors (Lipinski definition) is 1. The first-order chi connectivity index (χ1) is 12.0. The average Bonchev–Trinajstić information content (AvgIpc) is 2.96. The van der Waals surface area contributed by atoms with Gasteiger partial charge in [-0.25, -0.2) is 0 Å². The summed E-state index contributed by atoms with van der Waals surface area (Å²) in [7, 11) is 0. The van der Waals surface area contributed by atoms with Crippen molar-refractivity contribution in [3.63, 3.8) is 0 Å². The topological polar surface area (TPSA) is 26.7 Å². The highest BCUT2D eigenvalue weighted by atomic mass is 19.4. The lowest BCUT2D eigenvalue weighted by atomic mass is 9.95. The van der Waals surface area contributed by atoms with Gasteiger partial charge >= 0.3 is 6.18 Å². The highest BCUT2D eigenvalue weighted by Crippen LogP contribution is 2.31. The maximum Gasteiger partial charge on any atom is 0.416 e. The molecule has 0 aromatic heterocycles. The molecule has 140 valence electrons. The van der Waals surface area contributed by atoms with Crippen LogP contribution in [0.5, 0.6) is 0 Å². The zero-order valence-corrected chi connectivity index (χ0v) is 14.5. The quantitative estimate of drug-likeness (QED) is 0.878. The van der Waals surface area contributed by atoms with Gasteiger partial charge in [-0.1, -0.05) is 24.6 Å². The van der Waals surface area contributed by atoms with Crippen LogP contribution in [0.25, 0.3) is 0 Å². The molecule has 1 aromatic carbocycles. The Labute approximate surface area is 147 Å². The molecule has 0 bridgehead atoms. The molecule has 6 heteroatoms. The third-order valence-electron chi connectivity index (χ3n) is 5.49. The van der Waals surface area contributed by atoms with Crippen molar-refractivity contribution in [1.82, 2.24) is 9.80 Å². The molecule has 0 spiro atoms. The van der Waals surface area contributed by atoms with Crippen LogP contribution in [-0.4, -0.2) is 54.2 Å². The number of piperidine rings is 1. The molecule has 0 unspecified atom stereocenters. The number of rotatable bonds is 5. The highest BCUT2D eigenvalue weighted by molar-refractivity contribution is 5.25. The van der Waals surface area contributed by atoms with Crippen molar-refractivity contribution in [2.24, 2.45) is 11.8 Å². The summed E-state index contributed by atoms with van der Waals surface area (Å²) in [6.07, 6.45) is -0.521. The normalized spacial score (nSPS) is 26.2. The second kappa shape index (κ2) is 8.06. The number of alkyl halides is 3. The van der Waals surface area contributed by atoms with E-state index in [0.717, 1.165) is 38.8 Å². The summed E-state index contributed by atoms with van der Waals surface area (Å²) in [5.74, 6) is 0.613. The number of hydrogen-bond acceptors (Lipinski definition) is 3. The highest BCUT2D eigenvalue weighted by Gasteiger charge is 2.34. The van der Waals surface area contributed by atoms with Crippen molar-refractivity contribution >= 4 is 0 Å². The van der Waals surface area contributed by atoms with Crippen LogP contribution < -0.4 is 0 Å². The lowest BCUT2D eigenvalue weighted by molar-refractivity contribution is -0.137. The molecular weight excluding hydrogens is 329 g/mol. The molecule has 3 nitrogen and oxygen atoms in total.